The van der Waals surface area contributed by atoms with Gasteiger partial charge in [-0.3, -0.25) is 4.79 Å². The van der Waals surface area contributed by atoms with Gasteiger partial charge in [-0.1, -0.05) is 13.8 Å². The van der Waals surface area contributed by atoms with Gasteiger partial charge >= 0.3 is 5.97 Å². The van der Waals surface area contributed by atoms with E-state index in [0.29, 0.717) is 0 Å². The smallest absolute Gasteiger partial charge is 0.303 e. The van der Waals surface area contributed by atoms with E-state index in [9.17, 15) is 13.6 Å². The molecule has 100 valence electrons. The van der Waals surface area contributed by atoms with Crippen LogP contribution in [0.25, 0.3) is 0 Å². The highest BCUT2D eigenvalue weighted by atomic mass is 19.2. The summed E-state index contributed by atoms with van der Waals surface area (Å²) >= 11 is 0. The molecule has 0 aliphatic rings. The Morgan fingerprint density at radius 3 is 2.50 bits per heavy atom. The monoisotopic (exact) mass is 258 g/mol. The summed E-state index contributed by atoms with van der Waals surface area (Å²) in [6.07, 6.45) is -0.0126. The molecule has 0 saturated heterocycles. The van der Waals surface area contributed by atoms with Crippen LogP contribution in [-0.4, -0.2) is 17.7 Å². The molecule has 0 amide bonds. The van der Waals surface area contributed by atoms with Gasteiger partial charge in [0.25, 0.3) is 0 Å². The van der Waals surface area contributed by atoms with Gasteiger partial charge in [-0.15, -0.1) is 0 Å². The Hall–Kier alpha value is -1.65. The van der Waals surface area contributed by atoms with Gasteiger partial charge in [-0.05, 0) is 18.1 Å². The molecule has 0 spiro atoms. The topological polar surface area (TPSA) is 46.5 Å². The number of aliphatic carboxylic acids is 1. The number of benzene rings is 1. The lowest BCUT2D eigenvalue weighted by Gasteiger charge is -2.19. The van der Waals surface area contributed by atoms with E-state index in [2.05, 4.69) is 0 Å². The van der Waals surface area contributed by atoms with Crippen LogP contribution in [0.3, 0.4) is 0 Å². The molecule has 3 nitrogen and oxygen atoms in total. The first-order chi connectivity index (χ1) is 8.40. The quantitative estimate of drug-likeness (QED) is 0.852. The summed E-state index contributed by atoms with van der Waals surface area (Å²) < 4.78 is 30.9. The lowest BCUT2D eigenvalue weighted by atomic mass is 9.93. The normalized spacial score (nSPS) is 12.5. The average Bonchev–Trinajstić information content (AvgIpc) is 2.28. The average molecular weight is 258 g/mol. The summed E-state index contributed by atoms with van der Waals surface area (Å²) in [6, 6.07) is 3.25. The van der Waals surface area contributed by atoms with Crippen molar-refractivity contribution in [1.29, 1.82) is 0 Å². The number of carboxylic acid groups (broad SMARTS) is 1. The van der Waals surface area contributed by atoms with Crippen molar-refractivity contribution in [1.82, 2.24) is 0 Å². The van der Waals surface area contributed by atoms with Crippen LogP contribution in [0.4, 0.5) is 8.78 Å². The van der Waals surface area contributed by atoms with Gasteiger partial charge in [-0.2, -0.15) is 0 Å². The third-order valence-corrected chi connectivity index (χ3v) is 2.73. The zero-order chi connectivity index (χ0) is 13.7. The van der Waals surface area contributed by atoms with Crippen LogP contribution in [0.5, 0.6) is 5.75 Å². The molecule has 0 aliphatic heterocycles. The predicted molar refractivity (Wildman–Crippen MR) is 62.4 cm³/mol. The highest BCUT2D eigenvalue weighted by Crippen LogP contribution is 2.20. The van der Waals surface area contributed by atoms with Crippen molar-refractivity contribution < 1.29 is 23.4 Å². The van der Waals surface area contributed by atoms with E-state index in [0.717, 1.165) is 12.1 Å². The van der Waals surface area contributed by atoms with Gasteiger partial charge in [0.2, 0.25) is 0 Å². The van der Waals surface area contributed by atoms with E-state index in [1.54, 1.807) is 0 Å². The second kappa shape index (κ2) is 6.33. The van der Waals surface area contributed by atoms with Crippen LogP contribution in [0, 0.1) is 23.5 Å². The fourth-order valence-electron chi connectivity index (χ4n) is 1.48. The van der Waals surface area contributed by atoms with Crippen LogP contribution < -0.4 is 4.74 Å². The van der Waals surface area contributed by atoms with Crippen LogP contribution in [0.2, 0.25) is 0 Å². The molecule has 1 aromatic carbocycles. The first-order valence-corrected chi connectivity index (χ1v) is 5.69. The van der Waals surface area contributed by atoms with Crippen molar-refractivity contribution in [2.24, 2.45) is 11.8 Å². The van der Waals surface area contributed by atoms with E-state index in [-0.39, 0.29) is 30.6 Å². The Labute approximate surface area is 104 Å². The highest BCUT2D eigenvalue weighted by Gasteiger charge is 2.18. The maximum absolute atomic E-state index is 12.9. The van der Waals surface area contributed by atoms with Gasteiger partial charge < -0.3 is 9.84 Å². The zero-order valence-electron chi connectivity index (χ0n) is 10.3. The molecule has 0 heterocycles. The van der Waals surface area contributed by atoms with Crippen molar-refractivity contribution in [3.05, 3.63) is 29.8 Å². The van der Waals surface area contributed by atoms with Gasteiger partial charge in [0.1, 0.15) is 5.75 Å². The molecule has 0 aliphatic carbocycles. The van der Waals surface area contributed by atoms with Crippen molar-refractivity contribution in [3.8, 4) is 5.75 Å². The van der Waals surface area contributed by atoms with E-state index in [1.165, 1.54) is 6.07 Å². The molecule has 0 aromatic heterocycles. The summed E-state index contributed by atoms with van der Waals surface area (Å²) in [7, 11) is 0. The van der Waals surface area contributed by atoms with Crippen LogP contribution in [-0.2, 0) is 4.79 Å². The second-order valence-electron chi connectivity index (χ2n) is 4.49. The van der Waals surface area contributed by atoms with E-state index in [4.69, 9.17) is 9.84 Å². The summed E-state index contributed by atoms with van der Waals surface area (Å²) in [6.45, 7) is 3.94. The minimum atomic E-state index is -0.980. The Bertz CT molecular complexity index is 419. The summed E-state index contributed by atoms with van der Waals surface area (Å²) in [4.78, 5) is 10.7. The second-order valence-corrected chi connectivity index (χ2v) is 4.49. The SMILES string of the molecule is CC(C)C(COc1ccc(F)c(F)c1)CC(=O)O. The lowest BCUT2D eigenvalue weighted by molar-refractivity contribution is -0.138. The number of halogens is 2. The fourth-order valence-corrected chi connectivity index (χ4v) is 1.48. The third kappa shape index (κ3) is 4.31. The first-order valence-electron chi connectivity index (χ1n) is 5.69. The molecule has 1 unspecified atom stereocenters. The van der Waals surface area contributed by atoms with Crippen molar-refractivity contribution in [2.75, 3.05) is 6.61 Å². The van der Waals surface area contributed by atoms with Crippen molar-refractivity contribution >= 4 is 5.97 Å². The predicted octanol–water partition coefficient (Wildman–Crippen LogP) is 3.09. The largest absolute Gasteiger partial charge is 0.493 e. The van der Waals surface area contributed by atoms with Gasteiger partial charge in [0.05, 0.1) is 13.0 Å². The molecule has 18 heavy (non-hydrogen) atoms. The molecule has 1 N–H and O–H groups in total. The number of ether oxygens (including phenoxy) is 1. The molecule has 0 bridgehead atoms. The molecule has 1 rings (SSSR count). The molecule has 5 heteroatoms. The van der Waals surface area contributed by atoms with Gasteiger partial charge in [0, 0.05) is 12.0 Å². The van der Waals surface area contributed by atoms with E-state index < -0.39 is 17.6 Å². The number of hydrogen-bond donors (Lipinski definition) is 1. The number of rotatable bonds is 6. The van der Waals surface area contributed by atoms with Crippen LogP contribution in [0.1, 0.15) is 20.3 Å². The molecule has 1 aromatic rings. The Morgan fingerprint density at radius 2 is 2.00 bits per heavy atom. The highest BCUT2D eigenvalue weighted by molar-refractivity contribution is 5.67. The summed E-state index contributed by atoms with van der Waals surface area (Å²) in [5.74, 6) is -2.66. The standard InChI is InChI=1S/C13H16F2O3/c1-8(2)9(5-13(16)17)7-18-10-3-4-11(14)12(15)6-10/h3-4,6,8-9H,5,7H2,1-2H3,(H,16,17). The number of hydrogen-bond acceptors (Lipinski definition) is 2. The molecule has 0 saturated carbocycles. The number of carboxylic acids is 1. The minimum absolute atomic E-state index is 0.0126. The Balaban J connectivity index is 2.61. The zero-order valence-corrected chi connectivity index (χ0v) is 10.3. The van der Waals surface area contributed by atoms with Crippen molar-refractivity contribution in [2.45, 2.75) is 20.3 Å². The fraction of sp³-hybridized carbons (Fsp3) is 0.462. The van der Waals surface area contributed by atoms with Crippen LogP contribution >= 0.6 is 0 Å². The summed E-state index contributed by atoms with van der Waals surface area (Å²) in [5.41, 5.74) is 0. The lowest BCUT2D eigenvalue weighted by Crippen LogP contribution is -2.21. The van der Waals surface area contributed by atoms with Crippen molar-refractivity contribution in [3.63, 3.8) is 0 Å². The summed E-state index contributed by atoms with van der Waals surface area (Å²) in [5, 5.41) is 8.75. The minimum Gasteiger partial charge on any atom is -0.493 e. The Morgan fingerprint density at radius 1 is 1.33 bits per heavy atom. The van der Waals surface area contributed by atoms with Crippen LogP contribution in [0.15, 0.2) is 18.2 Å². The molecule has 0 radical (unpaired) electrons. The maximum atomic E-state index is 12.9. The van der Waals surface area contributed by atoms with Gasteiger partial charge in [0.15, 0.2) is 11.6 Å². The molecular weight excluding hydrogens is 242 g/mol. The molecule has 0 fully saturated rings. The Kier molecular flexibility index (Phi) is 5.07. The van der Waals surface area contributed by atoms with E-state index in [1.807, 2.05) is 13.8 Å². The van der Waals surface area contributed by atoms with E-state index >= 15 is 0 Å². The third-order valence-electron chi connectivity index (χ3n) is 2.73. The molecule has 1 atom stereocenters. The molecular formula is C13H16F2O3. The first kappa shape index (κ1) is 14.4. The number of carbonyl (C=O) groups is 1. The van der Waals surface area contributed by atoms with Gasteiger partial charge in [-0.25, -0.2) is 8.78 Å². The maximum Gasteiger partial charge on any atom is 0.303 e.